The van der Waals surface area contributed by atoms with E-state index in [-0.39, 0.29) is 0 Å². The summed E-state index contributed by atoms with van der Waals surface area (Å²) < 4.78 is 0. The number of hydrogen-bond donors (Lipinski definition) is 1. The van der Waals surface area contributed by atoms with E-state index in [1.807, 2.05) is 6.08 Å². The maximum absolute atomic E-state index is 3.84. The summed E-state index contributed by atoms with van der Waals surface area (Å²) in [5.74, 6) is 0. The van der Waals surface area contributed by atoms with Crippen LogP contribution in [0.1, 0.15) is 31.4 Å². The highest BCUT2D eigenvalue weighted by molar-refractivity contribution is 5.47. The van der Waals surface area contributed by atoms with Crippen LogP contribution < -0.4 is 10.2 Å². The van der Waals surface area contributed by atoms with Crippen molar-refractivity contribution in [2.24, 2.45) is 0 Å². The van der Waals surface area contributed by atoms with Crippen molar-refractivity contribution in [3.8, 4) is 0 Å². The third-order valence-corrected chi connectivity index (χ3v) is 2.83. The zero-order valence-electron chi connectivity index (χ0n) is 11.2. The van der Waals surface area contributed by atoms with Crippen LogP contribution in [0.3, 0.4) is 0 Å². The normalized spacial score (nSPS) is 12.2. The Hall–Kier alpha value is -1.28. The minimum absolute atomic E-state index is 0.382. The minimum atomic E-state index is 0.382. The molecule has 17 heavy (non-hydrogen) atoms. The summed E-state index contributed by atoms with van der Waals surface area (Å²) in [6.45, 7) is 7.08. The van der Waals surface area contributed by atoms with Gasteiger partial charge in [0.2, 0.25) is 0 Å². The molecule has 0 aliphatic heterocycles. The standard InChI is InChI=1S/C15H24N2/c1-5-8-15(16-11-6-2)13-9-7-10-14(12-13)17(3)4/h5,7,9-10,12,15-16H,1,6,8,11H2,2-4H3. The summed E-state index contributed by atoms with van der Waals surface area (Å²) in [7, 11) is 4.14. The smallest absolute Gasteiger partial charge is 0.0364 e. The van der Waals surface area contributed by atoms with Gasteiger partial charge < -0.3 is 10.2 Å². The molecule has 0 aliphatic carbocycles. The first kappa shape index (κ1) is 13.8. The summed E-state index contributed by atoms with van der Waals surface area (Å²) in [5, 5.41) is 3.56. The van der Waals surface area contributed by atoms with Crippen LogP contribution in [0, 0.1) is 0 Å². The van der Waals surface area contributed by atoms with Crippen molar-refractivity contribution in [3.05, 3.63) is 42.5 Å². The first-order chi connectivity index (χ1) is 8.19. The first-order valence-electron chi connectivity index (χ1n) is 6.30. The second-order valence-corrected chi connectivity index (χ2v) is 4.52. The van der Waals surface area contributed by atoms with Gasteiger partial charge in [-0.3, -0.25) is 0 Å². The van der Waals surface area contributed by atoms with E-state index in [1.54, 1.807) is 0 Å². The van der Waals surface area contributed by atoms with Crippen molar-refractivity contribution >= 4 is 5.69 Å². The molecule has 2 heteroatoms. The molecule has 0 saturated carbocycles. The Morgan fingerprint density at radius 2 is 2.18 bits per heavy atom. The Balaban J connectivity index is 2.84. The molecule has 1 rings (SSSR count). The van der Waals surface area contributed by atoms with Gasteiger partial charge in [-0.15, -0.1) is 6.58 Å². The second kappa shape index (κ2) is 7.13. The average Bonchev–Trinajstić information content (AvgIpc) is 2.34. The predicted molar refractivity (Wildman–Crippen MR) is 76.6 cm³/mol. The fourth-order valence-corrected chi connectivity index (χ4v) is 1.84. The average molecular weight is 232 g/mol. The summed E-state index contributed by atoms with van der Waals surface area (Å²) in [4.78, 5) is 2.13. The van der Waals surface area contributed by atoms with Gasteiger partial charge >= 0.3 is 0 Å². The van der Waals surface area contributed by atoms with Gasteiger partial charge in [-0.25, -0.2) is 0 Å². The molecule has 1 N–H and O–H groups in total. The summed E-state index contributed by atoms with van der Waals surface area (Å²) in [5.41, 5.74) is 2.58. The summed E-state index contributed by atoms with van der Waals surface area (Å²) >= 11 is 0. The van der Waals surface area contributed by atoms with Gasteiger partial charge in [-0.05, 0) is 37.1 Å². The van der Waals surface area contributed by atoms with E-state index in [1.165, 1.54) is 11.3 Å². The minimum Gasteiger partial charge on any atom is -0.378 e. The highest BCUT2D eigenvalue weighted by Crippen LogP contribution is 2.22. The quantitative estimate of drug-likeness (QED) is 0.725. The van der Waals surface area contributed by atoms with E-state index in [9.17, 15) is 0 Å². The van der Waals surface area contributed by atoms with E-state index in [4.69, 9.17) is 0 Å². The lowest BCUT2D eigenvalue weighted by Crippen LogP contribution is -2.22. The van der Waals surface area contributed by atoms with Crippen molar-refractivity contribution in [1.29, 1.82) is 0 Å². The molecule has 1 aromatic carbocycles. The molecule has 0 amide bonds. The van der Waals surface area contributed by atoms with Gasteiger partial charge in [0.1, 0.15) is 0 Å². The van der Waals surface area contributed by atoms with E-state index >= 15 is 0 Å². The fourth-order valence-electron chi connectivity index (χ4n) is 1.84. The number of hydrogen-bond acceptors (Lipinski definition) is 2. The van der Waals surface area contributed by atoms with E-state index in [0.717, 1.165) is 19.4 Å². The third-order valence-electron chi connectivity index (χ3n) is 2.83. The lowest BCUT2D eigenvalue weighted by molar-refractivity contribution is 0.537. The molecule has 1 aromatic rings. The van der Waals surface area contributed by atoms with Crippen LogP contribution in [-0.4, -0.2) is 20.6 Å². The van der Waals surface area contributed by atoms with Crippen LogP contribution in [0.4, 0.5) is 5.69 Å². The Morgan fingerprint density at radius 1 is 1.41 bits per heavy atom. The van der Waals surface area contributed by atoms with E-state index in [2.05, 4.69) is 62.1 Å². The monoisotopic (exact) mass is 232 g/mol. The lowest BCUT2D eigenvalue weighted by Gasteiger charge is -2.20. The zero-order valence-corrected chi connectivity index (χ0v) is 11.2. The molecule has 2 nitrogen and oxygen atoms in total. The number of benzene rings is 1. The van der Waals surface area contributed by atoms with Crippen LogP contribution in [0.2, 0.25) is 0 Å². The maximum Gasteiger partial charge on any atom is 0.0364 e. The molecule has 0 fully saturated rings. The Bertz CT molecular complexity index is 345. The number of nitrogens with zero attached hydrogens (tertiary/aromatic N) is 1. The summed E-state index contributed by atoms with van der Waals surface area (Å²) in [6, 6.07) is 9.07. The van der Waals surface area contributed by atoms with Gasteiger partial charge in [0.25, 0.3) is 0 Å². The van der Waals surface area contributed by atoms with Crippen LogP contribution in [-0.2, 0) is 0 Å². The zero-order chi connectivity index (χ0) is 12.7. The highest BCUT2D eigenvalue weighted by Gasteiger charge is 2.09. The number of anilines is 1. The molecule has 1 unspecified atom stereocenters. The van der Waals surface area contributed by atoms with Crippen molar-refractivity contribution in [2.75, 3.05) is 25.5 Å². The van der Waals surface area contributed by atoms with E-state index < -0.39 is 0 Å². The SMILES string of the molecule is C=CCC(NCCC)c1cccc(N(C)C)c1. The Kier molecular flexibility index (Phi) is 5.78. The third kappa shape index (κ3) is 4.23. The van der Waals surface area contributed by atoms with Crippen LogP contribution in [0.5, 0.6) is 0 Å². The number of rotatable bonds is 7. The molecular weight excluding hydrogens is 208 g/mol. The molecule has 0 saturated heterocycles. The van der Waals surface area contributed by atoms with Gasteiger partial charge in [0, 0.05) is 25.8 Å². The molecule has 94 valence electrons. The van der Waals surface area contributed by atoms with Crippen LogP contribution in [0.15, 0.2) is 36.9 Å². The first-order valence-corrected chi connectivity index (χ1v) is 6.30. The summed E-state index contributed by atoms with van der Waals surface area (Å²) in [6.07, 6.45) is 4.10. The topological polar surface area (TPSA) is 15.3 Å². The molecular formula is C15H24N2. The molecule has 0 radical (unpaired) electrons. The largest absolute Gasteiger partial charge is 0.378 e. The number of nitrogens with one attached hydrogen (secondary N) is 1. The van der Waals surface area contributed by atoms with Gasteiger partial charge in [-0.1, -0.05) is 25.1 Å². The van der Waals surface area contributed by atoms with Gasteiger partial charge in [0.05, 0.1) is 0 Å². The molecule has 0 spiro atoms. The van der Waals surface area contributed by atoms with Crippen molar-refractivity contribution in [1.82, 2.24) is 5.32 Å². The fraction of sp³-hybridized carbons (Fsp3) is 0.467. The highest BCUT2D eigenvalue weighted by atomic mass is 15.1. The van der Waals surface area contributed by atoms with E-state index in [0.29, 0.717) is 6.04 Å². The van der Waals surface area contributed by atoms with Crippen molar-refractivity contribution in [2.45, 2.75) is 25.8 Å². The molecule has 0 heterocycles. The molecule has 0 bridgehead atoms. The second-order valence-electron chi connectivity index (χ2n) is 4.52. The predicted octanol–water partition coefficient (Wildman–Crippen LogP) is 3.37. The molecule has 0 aliphatic rings. The lowest BCUT2D eigenvalue weighted by atomic mass is 10.0. The maximum atomic E-state index is 3.84. The van der Waals surface area contributed by atoms with Gasteiger partial charge in [-0.2, -0.15) is 0 Å². The van der Waals surface area contributed by atoms with Crippen molar-refractivity contribution < 1.29 is 0 Å². The molecule has 1 atom stereocenters. The molecule has 0 aromatic heterocycles. The Morgan fingerprint density at radius 3 is 2.76 bits per heavy atom. The van der Waals surface area contributed by atoms with Crippen LogP contribution in [0.25, 0.3) is 0 Å². The Labute approximate surface area is 105 Å². The van der Waals surface area contributed by atoms with Crippen LogP contribution >= 0.6 is 0 Å². The van der Waals surface area contributed by atoms with Gasteiger partial charge in [0.15, 0.2) is 0 Å². The van der Waals surface area contributed by atoms with Crippen molar-refractivity contribution in [3.63, 3.8) is 0 Å².